The van der Waals surface area contributed by atoms with Crippen molar-refractivity contribution < 1.29 is 0 Å². The molecule has 2 rings (SSSR count). The van der Waals surface area contributed by atoms with Crippen LogP contribution in [0.2, 0.25) is 0 Å². The molecule has 1 aromatic carbocycles. The van der Waals surface area contributed by atoms with Crippen LogP contribution >= 0.6 is 0 Å². The second-order valence-electron chi connectivity index (χ2n) is 4.20. The normalized spacial score (nSPS) is 10.3. The van der Waals surface area contributed by atoms with Gasteiger partial charge >= 0.3 is 0 Å². The summed E-state index contributed by atoms with van der Waals surface area (Å²) in [5.41, 5.74) is 2.41. The zero-order valence-electron chi connectivity index (χ0n) is 11.0. The van der Waals surface area contributed by atoms with Gasteiger partial charge in [-0.1, -0.05) is 38.1 Å². The monoisotopic (exact) mass is 241 g/mol. The van der Waals surface area contributed by atoms with E-state index >= 15 is 0 Å². The first-order valence-electron chi connectivity index (χ1n) is 6.50. The molecule has 1 N–H and O–H groups in total. The number of benzene rings is 1. The van der Waals surface area contributed by atoms with Gasteiger partial charge in [-0.2, -0.15) is 0 Å². The number of nitrogens with one attached hydrogen (secondary N) is 1. The van der Waals surface area contributed by atoms with Crippen molar-refractivity contribution in [3.63, 3.8) is 0 Å². The standard InChI is InChI=1S/C15H19N3/c1-3-10-16-14-9-11-17-15(18-14)13-8-6-5-7-12(13)4-2/h5-9,11H,3-4,10H2,1-2H3,(H,16,17,18). The summed E-state index contributed by atoms with van der Waals surface area (Å²) in [6.07, 6.45) is 3.89. The summed E-state index contributed by atoms with van der Waals surface area (Å²) in [5.74, 6) is 1.70. The summed E-state index contributed by atoms with van der Waals surface area (Å²) in [6.45, 7) is 5.23. The average molecular weight is 241 g/mol. The molecule has 0 aliphatic rings. The molecule has 94 valence electrons. The van der Waals surface area contributed by atoms with Crippen LogP contribution in [0, 0.1) is 0 Å². The summed E-state index contributed by atoms with van der Waals surface area (Å²) < 4.78 is 0. The number of anilines is 1. The van der Waals surface area contributed by atoms with E-state index in [1.807, 2.05) is 18.3 Å². The van der Waals surface area contributed by atoms with E-state index in [0.717, 1.165) is 36.6 Å². The minimum absolute atomic E-state index is 0.800. The number of aromatic nitrogens is 2. The first-order chi connectivity index (χ1) is 8.85. The minimum Gasteiger partial charge on any atom is -0.370 e. The van der Waals surface area contributed by atoms with Gasteiger partial charge in [-0.15, -0.1) is 0 Å². The topological polar surface area (TPSA) is 37.8 Å². The van der Waals surface area contributed by atoms with E-state index in [9.17, 15) is 0 Å². The van der Waals surface area contributed by atoms with E-state index < -0.39 is 0 Å². The number of rotatable bonds is 5. The van der Waals surface area contributed by atoms with Gasteiger partial charge in [0.15, 0.2) is 5.82 Å². The summed E-state index contributed by atoms with van der Waals surface area (Å²) in [6, 6.07) is 10.2. The Labute approximate surface area is 108 Å². The predicted octanol–water partition coefficient (Wildman–Crippen LogP) is 3.53. The third-order valence-corrected chi connectivity index (χ3v) is 2.85. The van der Waals surface area contributed by atoms with E-state index in [2.05, 4.69) is 47.3 Å². The fourth-order valence-electron chi connectivity index (χ4n) is 1.89. The Morgan fingerprint density at radius 1 is 1.11 bits per heavy atom. The molecule has 0 unspecified atom stereocenters. The highest BCUT2D eigenvalue weighted by Gasteiger charge is 2.06. The molecule has 1 heterocycles. The molecule has 2 aromatic rings. The van der Waals surface area contributed by atoms with Crippen LogP contribution in [0.5, 0.6) is 0 Å². The maximum Gasteiger partial charge on any atom is 0.161 e. The molecule has 0 saturated carbocycles. The lowest BCUT2D eigenvalue weighted by Crippen LogP contribution is -2.03. The Morgan fingerprint density at radius 3 is 2.72 bits per heavy atom. The van der Waals surface area contributed by atoms with Crippen molar-refractivity contribution in [3.05, 3.63) is 42.1 Å². The van der Waals surface area contributed by atoms with Crippen LogP contribution in [0.3, 0.4) is 0 Å². The molecule has 0 spiro atoms. The molecule has 1 aromatic heterocycles. The lowest BCUT2D eigenvalue weighted by molar-refractivity contribution is 0.965. The first kappa shape index (κ1) is 12.6. The van der Waals surface area contributed by atoms with Gasteiger partial charge in [0, 0.05) is 18.3 Å². The highest BCUT2D eigenvalue weighted by molar-refractivity contribution is 5.61. The van der Waals surface area contributed by atoms with Crippen LogP contribution in [-0.2, 0) is 6.42 Å². The van der Waals surface area contributed by atoms with Crippen molar-refractivity contribution >= 4 is 5.82 Å². The molecule has 0 fully saturated rings. The minimum atomic E-state index is 0.800. The fraction of sp³-hybridized carbons (Fsp3) is 0.333. The second-order valence-corrected chi connectivity index (χ2v) is 4.20. The molecule has 0 saturated heterocycles. The molecule has 0 amide bonds. The summed E-state index contributed by atoms with van der Waals surface area (Å²) in [4.78, 5) is 8.94. The van der Waals surface area contributed by atoms with Crippen LogP contribution in [-0.4, -0.2) is 16.5 Å². The molecule has 3 heteroatoms. The van der Waals surface area contributed by atoms with E-state index in [4.69, 9.17) is 0 Å². The quantitative estimate of drug-likeness (QED) is 0.870. The Kier molecular flexibility index (Phi) is 4.29. The molecular weight excluding hydrogens is 222 g/mol. The lowest BCUT2D eigenvalue weighted by Gasteiger charge is -2.08. The maximum atomic E-state index is 4.57. The summed E-state index contributed by atoms with van der Waals surface area (Å²) in [5, 5.41) is 3.29. The first-order valence-corrected chi connectivity index (χ1v) is 6.50. The lowest BCUT2D eigenvalue weighted by atomic mass is 10.0. The van der Waals surface area contributed by atoms with Crippen LogP contribution in [0.25, 0.3) is 11.4 Å². The molecule has 0 aliphatic carbocycles. The highest BCUT2D eigenvalue weighted by Crippen LogP contribution is 2.21. The van der Waals surface area contributed by atoms with Gasteiger partial charge in [-0.25, -0.2) is 9.97 Å². The second kappa shape index (κ2) is 6.15. The maximum absolute atomic E-state index is 4.57. The average Bonchev–Trinajstić information content (AvgIpc) is 2.45. The van der Waals surface area contributed by atoms with E-state index in [-0.39, 0.29) is 0 Å². The third-order valence-electron chi connectivity index (χ3n) is 2.85. The van der Waals surface area contributed by atoms with Gasteiger partial charge in [0.25, 0.3) is 0 Å². The van der Waals surface area contributed by atoms with Crippen LogP contribution in [0.1, 0.15) is 25.8 Å². The Morgan fingerprint density at radius 2 is 1.94 bits per heavy atom. The summed E-state index contributed by atoms with van der Waals surface area (Å²) in [7, 11) is 0. The van der Waals surface area contributed by atoms with Gasteiger partial charge in [-0.3, -0.25) is 0 Å². The largest absolute Gasteiger partial charge is 0.370 e. The zero-order valence-corrected chi connectivity index (χ0v) is 11.0. The van der Waals surface area contributed by atoms with Crippen molar-refractivity contribution in [1.82, 2.24) is 9.97 Å². The van der Waals surface area contributed by atoms with Gasteiger partial charge in [0.2, 0.25) is 0 Å². The number of aryl methyl sites for hydroxylation is 1. The van der Waals surface area contributed by atoms with Gasteiger partial charge in [0.1, 0.15) is 5.82 Å². The van der Waals surface area contributed by atoms with Crippen molar-refractivity contribution in [2.24, 2.45) is 0 Å². The number of hydrogen-bond donors (Lipinski definition) is 1. The van der Waals surface area contributed by atoms with Crippen LogP contribution < -0.4 is 5.32 Å². The van der Waals surface area contributed by atoms with Crippen molar-refractivity contribution in [1.29, 1.82) is 0 Å². The third kappa shape index (κ3) is 2.86. The molecular formula is C15H19N3. The Hall–Kier alpha value is -1.90. The van der Waals surface area contributed by atoms with E-state index in [1.165, 1.54) is 5.56 Å². The number of hydrogen-bond acceptors (Lipinski definition) is 3. The smallest absolute Gasteiger partial charge is 0.161 e. The Bertz CT molecular complexity index is 509. The Balaban J connectivity index is 2.32. The van der Waals surface area contributed by atoms with Crippen LogP contribution in [0.4, 0.5) is 5.82 Å². The summed E-state index contributed by atoms with van der Waals surface area (Å²) >= 11 is 0. The van der Waals surface area contributed by atoms with E-state index in [0.29, 0.717) is 0 Å². The van der Waals surface area contributed by atoms with Crippen molar-refractivity contribution in [2.45, 2.75) is 26.7 Å². The fourth-order valence-corrected chi connectivity index (χ4v) is 1.89. The van der Waals surface area contributed by atoms with Gasteiger partial charge in [0.05, 0.1) is 0 Å². The molecule has 18 heavy (non-hydrogen) atoms. The van der Waals surface area contributed by atoms with Crippen molar-refractivity contribution in [3.8, 4) is 11.4 Å². The van der Waals surface area contributed by atoms with E-state index in [1.54, 1.807) is 0 Å². The highest BCUT2D eigenvalue weighted by atomic mass is 15.0. The van der Waals surface area contributed by atoms with Crippen molar-refractivity contribution in [2.75, 3.05) is 11.9 Å². The van der Waals surface area contributed by atoms with Crippen LogP contribution in [0.15, 0.2) is 36.5 Å². The van der Waals surface area contributed by atoms with Gasteiger partial charge < -0.3 is 5.32 Å². The molecule has 0 bridgehead atoms. The molecule has 3 nitrogen and oxygen atoms in total. The SMILES string of the molecule is CCCNc1ccnc(-c2ccccc2CC)n1. The zero-order chi connectivity index (χ0) is 12.8. The molecule has 0 radical (unpaired) electrons. The molecule has 0 aliphatic heterocycles. The predicted molar refractivity (Wildman–Crippen MR) is 75.6 cm³/mol. The van der Waals surface area contributed by atoms with Gasteiger partial charge in [-0.05, 0) is 24.5 Å². The molecule has 0 atom stereocenters. The number of nitrogens with zero attached hydrogens (tertiary/aromatic N) is 2.